The third-order valence-corrected chi connectivity index (χ3v) is 8.93. The summed E-state index contributed by atoms with van der Waals surface area (Å²) < 4.78 is 101. The lowest BCUT2D eigenvalue weighted by Crippen LogP contribution is -2.15. The summed E-state index contributed by atoms with van der Waals surface area (Å²) in [5.74, 6) is 4.75. The molecule has 0 aliphatic rings. The van der Waals surface area contributed by atoms with Gasteiger partial charge in [-0.05, 0) is 60.8 Å². The van der Waals surface area contributed by atoms with Crippen LogP contribution in [-0.4, -0.2) is 49.4 Å². The molecule has 4 rings (SSSR count). The zero-order valence-electron chi connectivity index (χ0n) is 20.6. The van der Waals surface area contributed by atoms with E-state index in [9.17, 15) is 39.2 Å². The molecule has 0 atom stereocenters. The molecule has 0 aliphatic carbocycles. The Morgan fingerprint density at radius 3 is 2.14 bits per heavy atom. The second-order valence-electron chi connectivity index (χ2n) is 8.11. The topological polar surface area (TPSA) is 279 Å². The third-order valence-electron chi connectivity index (χ3n) is 5.49. The van der Waals surface area contributed by atoms with Gasteiger partial charge in [-0.15, -0.1) is 14.6 Å². The molecule has 0 saturated heterocycles. The molecule has 224 valence electrons. The van der Waals surface area contributed by atoms with E-state index >= 15 is 0 Å². The summed E-state index contributed by atoms with van der Waals surface area (Å²) in [4.78, 5) is 11.1. The van der Waals surface area contributed by atoms with Crippen molar-refractivity contribution in [1.29, 1.82) is 0 Å². The van der Waals surface area contributed by atoms with Crippen LogP contribution in [0.5, 0.6) is 0 Å². The summed E-state index contributed by atoms with van der Waals surface area (Å²) in [6.45, 7) is 1.42. The molecule has 42 heavy (non-hydrogen) atoms. The Kier molecular flexibility index (Phi) is 8.68. The first kappa shape index (κ1) is 31.4. The molecule has 0 bridgehead atoms. The number of benzene rings is 3. The van der Waals surface area contributed by atoms with Gasteiger partial charge in [0.05, 0.1) is 28.3 Å². The van der Waals surface area contributed by atoms with Gasteiger partial charge in [-0.1, -0.05) is 5.04 Å². The molecule has 0 spiro atoms. The van der Waals surface area contributed by atoms with Crippen molar-refractivity contribution in [3.05, 3.63) is 64.6 Å². The second kappa shape index (κ2) is 11.6. The van der Waals surface area contributed by atoms with Crippen LogP contribution in [0, 0.1) is 6.92 Å². The fourth-order valence-electron chi connectivity index (χ4n) is 3.68. The number of aromatic nitrogens is 2. The molecule has 0 fully saturated rings. The van der Waals surface area contributed by atoms with E-state index < -0.39 is 51.4 Å². The van der Waals surface area contributed by atoms with Gasteiger partial charge in [0.2, 0.25) is 0 Å². The van der Waals surface area contributed by atoms with Crippen molar-refractivity contribution < 1.29 is 53.3 Å². The standard InChI is InChI=1S/C20H17N5O13S4/c1-10-19(20(26)25(24-10)12-2-4-14(5-3-12)42(34,35)36-21)23-22-16-9-15-11(7-18(16)41(31,32)33)6-13(39-38-37-27)8-17(15)40(28,29)30/h2-9,24,27H,21H2,1H3,(H,28,29,30)(H,31,32,33). The monoisotopic (exact) mass is 663 g/mol. The Balaban J connectivity index is 1.85. The Hall–Kier alpha value is -3.55. The van der Waals surface area contributed by atoms with Crippen LogP contribution in [-0.2, 0) is 44.0 Å². The second-order valence-corrected chi connectivity index (χ2v) is 13.2. The minimum absolute atomic E-state index is 0.0653. The van der Waals surface area contributed by atoms with Crippen LogP contribution < -0.4 is 11.5 Å². The number of azo groups is 1. The molecule has 6 N–H and O–H groups in total. The summed E-state index contributed by atoms with van der Waals surface area (Å²) in [6, 6.07) is 8.58. The van der Waals surface area contributed by atoms with Gasteiger partial charge in [0.1, 0.15) is 15.5 Å². The van der Waals surface area contributed by atoms with E-state index in [0.717, 1.165) is 35.0 Å². The minimum atomic E-state index is -5.01. The number of H-pyrrole nitrogens is 1. The number of aryl methyl sites for hydroxylation is 1. The highest BCUT2D eigenvalue weighted by Gasteiger charge is 2.23. The average molecular weight is 664 g/mol. The molecule has 0 amide bonds. The maximum absolute atomic E-state index is 13.0. The Labute approximate surface area is 240 Å². The Morgan fingerprint density at radius 2 is 1.57 bits per heavy atom. The van der Waals surface area contributed by atoms with Crippen molar-refractivity contribution in [2.24, 2.45) is 16.1 Å². The Morgan fingerprint density at radius 1 is 0.929 bits per heavy atom. The summed E-state index contributed by atoms with van der Waals surface area (Å²) >= 11 is 0.314. The van der Waals surface area contributed by atoms with E-state index in [-0.39, 0.29) is 37.6 Å². The number of hydrogen-bond acceptors (Lipinski definition) is 15. The molecule has 18 nitrogen and oxygen atoms in total. The SMILES string of the molecule is Cc1[nH]n(-c2ccc(S(=O)(=O)ON)cc2)c(=O)c1N=Nc1cc2c(S(=O)(=O)O)cc(SOOO)cc2cc1S(=O)(=O)O. The molecule has 0 unspecified atom stereocenters. The third kappa shape index (κ3) is 6.42. The van der Waals surface area contributed by atoms with Crippen molar-refractivity contribution >= 4 is 64.5 Å². The average Bonchev–Trinajstić information content (AvgIpc) is 3.21. The number of aromatic amines is 1. The van der Waals surface area contributed by atoms with Crippen LogP contribution in [0.4, 0.5) is 11.4 Å². The number of nitrogens with two attached hydrogens (primary N) is 1. The summed E-state index contributed by atoms with van der Waals surface area (Å²) in [5, 5.41) is 21.7. The van der Waals surface area contributed by atoms with Crippen LogP contribution >= 0.6 is 12.0 Å². The van der Waals surface area contributed by atoms with Crippen molar-refractivity contribution in [3.8, 4) is 5.69 Å². The lowest BCUT2D eigenvalue weighted by Gasteiger charge is -2.10. The number of hydrogen-bond donors (Lipinski definition) is 5. The fraction of sp³-hybridized carbons (Fsp3) is 0.0500. The van der Waals surface area contributed by atoms with Crippen molar-refractivity contribution in [2.45, 2.75) is 26.5 Å². The molecule has 4 aromatic rings. The molecular weight excluding hydrogens is 647 g/mol. The maximum atomic E-state index is 13.0. The quantitative estimate of drug-likeness (QED) is 0.0536. The fourth-order valence-corrected chi connectivity index (χ4v) is 6.15. The molecule has 1 aromatic heterocycles. The van der Waals surface area contributed by atoms with E-state index in [1.165, 1.54) is 25.1 Å². The molecule has 22 heteroatoms. The lowest BCUT2D eigenvalue weighted by atomic mass is 10.1. The first-order valence-corrected chi connectivity index (χ1v) is 15.8. The first-order chi connectivity index (χ1) is 19.6. The van der Waals surface area contributed by atoms with Gasteiger partial charge in [-0.3, -0.25) is 19.0 Å². The largest absolute Gasteiger partial charge is 0.312 e. The Bertz CT molecular complexity index is 2110. The smallest absolute Gasteiger partial charge is 0.293 e. The van der Waals surface area contributed by atoms with Crippen LogP contribution in [0.3, 0.4) is 0 Å². The molecule has 0 aliphatic heterocycles. The normalized spacial score (nSPS) is 12.9. The van der Waals surface area contributed by atoms with Crippen molar-refractivity contribution in [3.63, 3.8) is 0 Å². The van der Waals surface area contributed by atoms with Crippen molar-refractivity contribution in [2.75, 3.05) is 0 Å². The van der Waals surface area contributed by atoms with E-state index in [1.807, 2.05) is 0 Å². The molecular formula is C20H17N5O13S4. The number of rotatable bonds is 10. The van der Waals surface area contributed by atoms with Crippen LogP contribution in [0.1, 0.15) is 5.69 Å². The summed E-state index contributed by atoms with van der Waals surface area (Å²) in [6.07, 6.45) is 0. The highest BCUT2D eigenvalue weighted by atomic mass is 32.2. The van der Waals surface area contributed by atoms with E-state index in [0.29, 0.717) is 12.0 Å². The summed E-state index contributed by atoms with van der Waals surface area (Å²) in [7, 11) is -14.1. The zero-order chi connectivity index (χ0) is 31.0. The van der Waals surface area contributed by atoms with Gasteiger partial charge in [0, 0.05) is 10.3 Å². The molecule has 0 radical (unpaired) electrons. The predicted molar refractivity (Wildman–Crippen MR) is 142 cm³/mol. The van der Waals surface area contributed by atoms with Gasteiger partial charge in [0.15, 0.2) is 5.69 Å². The van der Waals surface area contributed by atoms with E-state index in [1.54, 1.807) is 0 Å². The van der Waals surface area contributed by atoms with Crippen LogP contribution in [0.15, 0.2) is 83.1 Å². The highest BCUT2D eigenvalue weighted by Crippen LogP contribution is 2.37. The number of fused-ring (bicyclic) bond motifs is 1. The lowest BCUT2D eigenvalue weighted by molar-refractivity contribution is -0.432. The number of nitrogens with one attached hydrogen (secondary N) is 1. The van der Waals surface area contributed by atoms with Gasteiger partial charge >= 0.3 is 10.1 Å². The van der Waals surface area contributed by atoms with Crippen molar-refractivity contribution in [1.82, 2.24) is 9.78 Å². The van der Waals surface area contributed by atoms with Crippen LogP contribution in [0.25, 0.3) is 16.5 Å². The predicted octanol–water partition coefficient (Wildman–Crippen LogP) is 2.54. The van der Waals surface area contributed by atoms with Gasteiger partial charge in [0.25, 0.3) is 25.8 Å². The first-order valence-electron chi connectivity index (χ1n) is 10.8. The highest BCUT2D eigenvalue weighted by molar-refractivity contribution is 7.94. The zero-order valence-corrected chi connectivity index (χ0v) is 23.9. The molecule has 3 aromatic carbocycles. The minimum Gasteiger partial charge on any atom is -0.293 e. The van der Waals surface area contributed by atoms with Gasteiger partial charge < -0.3 is 0 Å². The van der Waals surface area contributed by atoms with E-state index in [4.69, 9.17) is 11.2 Å². The summed E-state index contributed by atoms with van der Waals surface area (Å²) in [5.41, 5.74) is -1.45. The van der Waals surface area contributed by atoms with Crippen LogP contribution in [0.2, 0.25) is 0 Å². The maximum Gasteiger partial charge on any atom is 0.312 e. The van der Waals surface area contributed by atoms with Gasteiger partial charge in [-0.25, -0.2) is 9.94 Å². The number of nitrogens with zero attached hydrogens (tertiary/aromatic N) is 3. The molecule has 0 saturated carbocycles. The van der Waals surface area contributed by atoms with E-state index in [2.05, 4.69) is 29.0 Å². The molecule has 1 heterocycles. The van der Waals surface area contributed by atoms with Gasteiger partial charge in [-0.2, -0.15) is 35.4 Å².